The zero-order valence-corrected chi connectivity index (χ0v) is 8.02. The Balaban J connectivity index is 2.14. The van der Waals surface area contributed by atoms with Crippen LogP contribution >= 0.6 is 0 Å². The van der Waals surface area contributed by atoms with E-state index in [0.29, 0.717) is 5.70 Å². The van der Waals surface area contributed by atoms with Crippen LogP contribution in [0.25, 0.3) is 0 Å². The highest BCUT2D eigenvalue weighted by Crippen LogP contribution is 2.20. The minimum absolute atomic E-state index is 0.00407. The van der Waals surface area contributed by atoms with Crippen LogP contribution < -0.4 is 0 Å². The molecular formula is C10H14N2O2. The number of Topliss-reactive ketones (excluding diaryl/α,β-unsaturated/α-hetero) is 1. The van der Waals surface area contributed by atoms with Gasteiger partial charge >= 0.3 is 0 Å². The van der Waals surface area contributed by atoms with Gasteiger partial charge in [0.05, 0.1) is 24.4 Å². The van der Waals surface area contributed by atoms with Crippen molar-refractivity contribution in [3.05, 3.63) is 11.9 Å². The molecule has 0 aromatic carbocycles. The lowest BCUT2D eigenvalue weighted by Crippen LogP contribution is -2.32. The maximum absolute atomic E-state index is 11.8. The van der Waals surface area contributed by atoms with Crippen molar-refractivity contribution in [2.24, 2.45) is 10.9 Å². The molecule has 4 nitrogen and oxygen atoms in total. The highest BCUT2D eigenvalue weighted by molar-refractivity contribution is 6.07. The first kappa shape index (κ1) is 9.40. The molecule has 1 fully saturated rings. The summed E-state index contributed by atoms with van der Waals surface area (Å²) in [5.74, 6) is -0.431. The standard InChI is InChI=1S/C10H14N2O2/c13-7-8-5-11-6-9(10(8)14)12-3-1-2-4-12/h5-6,8,13H,1-4,7H2. The molecule has 4 heteroatoms. The topological polar surface area (TPSA) is 52.9 Å². The number of hydrogen-bond donors (Lipinski definition) is 1. The van der Waals surface area contributed by atoms with Crippen molar-refractivity contribution in [3.63, 3.8) is 0 Å². The number of rotatable bonds is 2. The molecule has 2 heterocycles. The largest absolute Gasteiger partial charge is 0.395 e. The molecule has 0 aromatic rings. The van der Waals surface area contributed by atoms with Crippen molar-refractivity contribution >= 4 is 12.0 Å². The number of carbonyl (C=O) groups is 1. The number of aliphatic imine (C=N–C) groups is 1. The number of aliphatic hydroxyl groups is 1. The second-order valence-electron chi connectivity index (χ2n) is 3.66. The molecule has 0 saturated carbocycles. The minimum atomic E-state index is -0.435. The van der Waals surface area contributed by atoms with Crippen LogP contribution in [0.15, 0.2) is 16.9 Å². The average Bonchev–Trinajstić information content (AvgIpc) is 2.71. The van der Waals surface area contributed by atoms with Gasteiger partial charge < -0.3 is 10.0 Å². The lowest BCUT2D eigenvalue weighted by molar-refractivity contribution is -0.119. The van der Waals surface area contributed by atoms with Crippen LogP contribution in [-0.2, 0) is 4.79 Å². The smallest absolute Gasteiger partial charge is 0.191 e. The molecule has 14 heavy (non-hydrogen) atoms. The van der Waals surface area contributed by atoms with Crippen molar-refractivity contribution in [1.29, 1.82) is 0 Å². The van der Waals surface area contributed by atoms with E-state index < -0.39 is 5.92 Å². The Labute approximate surface area is 82.9 Å². The van der Waals surface area contributed by atoms with E-state index in [9.17, 15) is 4.79 Å². The Bertz CT molecular complexity index is 290. The summed E-state index contributed by atoms with van der Waals surface area (Å²) < 4.78 is 0. The van der Waals surface area contributed by atoms with Crippen LogP contribution in [0.2, 0.25) is 0 Å². The number of ketones is 1. The Morgan fingerprint density at radius 2 is 2.21 bits per heavy atom. The van der Waals surface area contributed by atoms with E-state index in [1.165, 1.54) is 6.21 Å². The van der Waals surface area contributed by atoms with Crippen molar-refractivity contribution < 1.29 is 9.90 Å². The maximum atomic E-state index is 11.8. The van der Waals surface area contributed by atoms with Crippen molar-refractivity contribution in [3.8, 4) is 0 Å². The quantitative estimate of drug-likeness (QED) is 0.682. The SMILES string of the molecule is O=C1C(N2CCCC2)=CN=CC1CO. The number of allylic oxidation sites excluding steroid dienone is 1. The van der Waals surface area contributed by atoms with Gasteiger partial charge in [0.25, 0.3) is 0 Å². The molecule has 76 valence electrons. The molecule has 2 aliphatic rings. The Morgan fingerprint density at radius 1 is 1.50 bits per heavy atom. The van der Waals surface area contributed by atoms with Gasteiger partial charge in [-0.1, -0.05) is 0 Å². The number of nitrogens with zero attached hydrogens (tertiary/aromatic N) is 2. The minimum Gasteiger partial charge on any atom is -0.395 e. The zero-order valence-electron chi connectivity index (χ0n) is 8.02. The fourth-order valence-corrected chi connectivity index (χ4v) is 1.86. The summed E-state index contributed by atoms with van der Waals surface area (Å²) in [7, 11) is 0. The second kappa shape index (κ2) is 3.92. The van der Waals surface area contributed by atoms with E-state index in [4.69, 9.17) is 5.11 Å². The molecule has 0 spiro atoms. The van der Waals surface area contributed by atoms with Gasteiger partial charge in [-0.15, -0.1) is 0 Å². The monoisotopic (exact) mass is 194 g/mol. The van der Waals surface area contributed by atoms with E-state index in [1.807, 2.05) is 0 Å². The molecule has 1 unspecified atom stereocenters. The van der Waals surface area contributed by atoms with Crippen molar-refractivity contribution in [2.45, 2.75) is 12.8 Å². The van der Waals surface area contributed by atoms with Gasteiger partial charge in [0.2, 0.25) is 0 Å². The summed E-state index contributed by atoms with van der Waals surface area (Å²) in [4.78, 5) is 17.8. The van der Waals surface area contributed by atoms with Gasteiger partial charge in [0.15, 0.2) is 5.78 Å². The van der Waals surface area contributed by atoms with E-state index >= 15 is 0 Å². The van der Waals surface area contributed by atoms with E-state index in [0.717, 1.165) is 25.9 Å². The fourth-order valence-electron chi connectivity index (χ4n) is 1.86. The Hall–Kier alpha value is -1.16. The third kappa shape index (κ3) is 1.57. The number of aliphatic hydroxyl groups excluding tert-OH is 1. The van der Waals surface area contributed by atoms with Crippen LogP contribution in [0.1, 0.15) is 12.8 Å². The van der Waals surface area contributed by atoms with Gasteiger partial charge in [-0.3, -0.25) is 9.79 Å². The lowest BCUT2D eigenvalue weighted by atomic mass is 10.0. The average molecular weight is 194 g/mol. The van der Waals surface area contributed by atoms with Gasteiger partial charge in [-0.05, 0) is 12.8 Å². The maximum Gasteiger partial charge on any atom is 0.191 e. The van der Waals surface area contributed by atoms with Gasteiger partial charge in [-0.25, -0.2) is 0 Å². The molecule has 2 aliphatic heterocycles. The number of carbonyl (C=O) groups excluding carboxylic acids is 1. The predicted octanol–water partition coefficient (Wildman–Crippen LogP) is 0.186. The van der Waals surface area contributed by atoms with Crippen LogP contribution in [0.5, 0.6) is 0 Å². The molecule has 0 aliphatic carbocycles. The molecule has 0 bridgehead atoms. The normalized spacial score (nSPS) is 26.9. The Kier molecular flexibility index (Phi) is 2.63. The second-order valence-corrected chi connectivity index (χ2v) is 3.66. The summed E-state index contributed by atoms with van der Waals surface area (Å²) in [5.41, 5.74) is 0.670. The van der Waals surface area contributed by atoms with Crippen molar-refractivity contribution in [1.82, 2.24) is 4.90 Å². The lowest BCUT2D eigenvalue weighted by Gasteiger charge is -2.23. The summed E-state index contributed by atoms with van der Waals surface area (Å²) in [5, 5.41) is 8.96. The third-order valence-corrected chi connectivity index (χ3v) is 2.70. The van der Waals surface area contributed by atoms with E-state index in [2.05, 4.69) is 9.89 Å². The fraction of sp³-hybridized carbons (Fsp3) is 0.600. The molecule has 2 rings (SSSR count). The van der Waals surface area contributed by atoms with Gasteiger partial charge in [0.1, 0.15) is 0 Å². The van der Waals surface area contributed by atoms with Gasteiger partial charge in [0, 0.05) is 19.3 Å². The molecule has 1 N–H and O–H groups in total. The number of hydrogen-bond acceptors (Lipinski definition) is 4. The first-order chi connectivity index (χ1) is 6.83. The van der Waals surface area contributed by atoms with Crippen LogP contribution in [0.4, 0.5) is 0 Å². The van der Waals surface area contributed by atoms with Crippen molar-refractivity contribution in [2.75, 3.05) is 19.7 Å². The summed E-state index contributed by atoms with van der Waals surface area (Å²) in [6, 6.07) is 0. The molecule has 0 radical (unpaired) electrons. The van der Waals surface area contributed by atoms with Crippen LogP contribution in [0, 0.1) is 5.92 Å². The molecule has 0 amide bonds. The highest BCUT2D eigenvalue weighted by atomic mass is 16.3. The molecule has 0 aromatic heterocycles. The van der Waals surface area contributed by atoms with Crippen LogP contribution in [0.3, 0.4) is 0 Å². The number of likely N-dealkylation sites (tertiary alicyclic amines) is 1. The third-order valence-electron chi connectivity index (χ3n) is 2.70. The van der Waals surface area contributed by atoms with Crippen LogP contribution in [-0.4, -0.2) is 41.7 Å². The summed E-state index contributed by atoms with van der Waals surface area (Å²) >= 11 is 0. The molecule has 1 saturated heterocycles. The van der Waals surface area contributed by atoms with Gasteiger partial charge in [-0.2, -0.15) is 0 Å². The zero-order chi connectivity index (χ0) is 9.97. The van der Waals surface area contributed by atoms with E-state index in [1.54, 1.807) is 6.20 Å². The Morgan fingerprint density at radius 3 is 2.86 bits per heavy atom. The summed E-state index contributed by atoms with van der Waals surface area (Å²) in [6.07, 6.45) is 5.40. The highest BCUT2D eigenvalue weighted by Gasteiger charge is 2.27. The first-order valence-corrected chi connectivity index (χ1v) is 4.96. The summed E-state index contributed by atoms with van der Waals surface area (Å²) in [6.45, 7) is 1.73. The predicted molar refractivity (Wildman–Crippen MR) is 53.0 cm³/mol. The van der Waals surface area contributed by atoms with E-state index in [-0.39, 0.29) is 12.4 Å². The molecular weight excluding hydrogens is 180 g/mol. The first-order valence-electron chi connectivity index (χ1n) is 4.96. The molecule has 1 atom stereocenters.